The van der Waals surface area contributed by atoms with Gasteiger partial charge in [-0.25, -0.2) is 0 Å². The van der Waals surface area contributed by atoms with E-state index >= 15 is 0 Å². The number of benzene rings is 2. The molecular formula is C17H20BNO. The lowest BCUT2D eigenvalue weighted by molar-refractivity contribution is 0.576. The third kappa shape index (κ3) is 2.17. The van der Waals surface area contributed by atoms with E-state index in [1.54, 1.807) is 0 Å². The standard InChI is InChI=1S/C17H20BNO/c1-3-15(14-10-6-5-7-11-14)19-16-12-8-9-13-17(16)20-18(19)4-2/h5-13,15H,3-4H2,1-2H3. The van der Waals surface area contributed by atoms with Crippen molar-refractivity contribution in [2.45, 2.75) is 32.6 Å². The number of hydrogen-bond donors (Lipinski definition) is 0. The van der Waals surface area contributed by atoms with Crippen LogP contribution >= 0.6 is 0 Å². The van der Waals surface area contributed by atoms with Crippen molar-refractivity contribution in [1.82, 2.24) is 0 Å². The summed E-state index contributed by atoms with van der Waals surface area (Å²) < 4.78 is 6.10. The van der Waals surface area contributed by atoms with Gasteiger partial charge in [-0.2, -0.15) is 0 Å². The maximum atomic E-state index is 6.10. The smallest absolute Gasteiger partial charge is 0.482 e. The fraction of sp³-hybridized carbons (Fsp3) is 0.294. The Morgan fingerprint density at radius 2 is 1.70 bits per heavy atom. The zero-order chi connectivity index (χ0) is 13.9. The number of anilines is 1. The molecule has 1 aliphatic rings. The Hall–Kier alpha value is -1.90. The minimum Gasteiger partial charge on any atom is -0.540 e. The van der Waals surface area contributed by atoms with Crippen molar-refractivity contribution in [3.63, 3.8) is 0 Å². The summed E-state index contributed by atoms with van der Waals surface area (Å²) in [6, 6.07) is 19.4. The zero-order valence-corrected chi connectivity index (χ0v) is 12.1. The molecule has 2 nitrogen and oxygen atoms in total. The van der Waals surface area contributed by atoms with Gasteiger partial charge in [0.25, 0.3) is 0 Å². The first-order valence-corrected chi connectivity index (χ1v) is 7.44. The fourth-order valence-corrected chi connectivity index (χ4v) is 3.05. The second kappa shape index (κ2) is 5.62. The van der Waals surface area contributed by atoms with Crippen LogP contribution in [0.1, 0.15) is 31.9 Å². The molecule has 3 rings (SSSR count). The summed E-state index contributed by atoms with van der Waals surface area (Å²) in [4.78, 5) is 2.44. The van der Waals surface area contributed by atoms with Crippen molar-refractivity contribution in [3.05, 3.63) is 60.2 Å². The van der Waals surface area contributed by atoms with E-state index in [4.69, 9.17) is 4.65 Å². The summed E-state index contributed by atoms with van der Waals surface area (Å²) in [7, 11) is 0.137. The lowest BCUT2D eigenvalue weighted by atomic mass is 9.75. The summed E-state index contributed by atoms with van der Waals surface area (Å²) in [5.74, 6) is 1.01. The quantitative estimate of drug-likeness (QED) is 0.752. The molecule has 0 aliphatic carbocycles. The molecule has 1 aliphatic heterocycles. The highest BCUT2D eigenvalue weighted by Gasteiger charge is 2.38. The third-order valence-electron chi connectivity index (χ3n) is 3.97. The van der Waals surface area contributed by atoms with Crippen molar-refractivity contribution in [2.75, 3.05) is 4.81 Å². The summed E-state index contributed by atoms with van der Waals surface area (Å²) in [5.41, 5.74) is 2.57. The predicted molar refractivity (Wildman–Crippen MR) is 85.3 cm³/mol. The van der Waals surface area contributed by atoms with Gasteiger partial charge in [0.05, 0.1) is 5.69 Å². The molecular weight excluding hydrogens is 245 g/mol. The molecule has 1 heterocycles. The summed E-state index contributed by atoms with van der Waals surface area (Å²) in [6.45, 7) is 4.42. The topological polar surface area (TPSA) is 12.5 Å². The van der Waals surface area contributed by atoms with E-state index in [-0.39, 0.29) is 7.05 Å². The Morgan fingerprint density at radius 1 is 1.00 bits per heavy atom. The predicted octanol–water partition coefficient (Wildman–Crippen LogP) is 4.54. The Morgan fingerprint density at radius 3 is 2.40 bits per heavy atom. The molecule has 0 bridgehead atoms. The Labute approximate surface area is 121 Å². The zero-order valence-electron chi connectivity index (χ0n) is 12.1. The van der Waals surface area contributed by atoms with Crippen LogP contribution in [0.15, 0.2) is 54.6 Å². The number of fused-ring (bicyclic) bond motifs is 1. The van der Waals surface area contributed by atoms with Gasteiger partial charge in [-0.05, 0) is 30.4 Å². The first-order chi connectivity index (χ1) is 9.85. The van der Waals surface area contributed by atoms with Crippen LogP contribution in [0.3, 0.4) is 0 Å². The molecule has 2 aromatic rings. The Balaban J connectivity index is 2.01. The first kappa shape index (κ1) is 13.1. The van der Waals surface area contributed by atoms with Crippen LogP contribution in [-0.2, 0) is 0 Å². The molecule has 2 aromatic carbocycles. The normalized spacial score (nSPS) is 14.9. The molecule has 0 spiro atoms. The molecule has 1 atom stereocenters. The minimum atomic E-state index is 0.137. The van der Waals surface area contributed by atoms with Crippen molar-refractivity contribution in [3.8, 4) is 5.75 Å². The lowest BCUT2D eigenvalue weighted by Gasteiger charge is -2.31. The summed E-state index contributed by atoms with van der Waals surface area (Å²) in [5, 5.41) is 0. The van der Waals surface area contributed by atoms with Crippen molar-refractivity contribution in [2.24, 2.45) is 0 Å². The van der Waals surface area contributed by atoms with Gasteiger partial charge < -0.3 is 9.47 Å². The van der Waals surface area contributed by atoms with Gasteiger partial charge in [0.15, 0.2) is 0 Å². The van der Waals surface area contributed by atoms with Gasteiger partial charge >= 0.3 is 7.05 Å². The highest BCUT2D eigenvalue weighted by molar-refractivity contribution is 6.59. The second-order valence-corrected chi connectivity index (χ2v) is 5.19. The maximum absolute atomic E-state index is 6.10. The monoisotopic (exact) mass is 265 g/mol. The molecule has 3 heteroatoms. The van der Waals surface area contributed by atoms with Gasteiger partial charge in [-0.1, -0.05) is 56.3 Å². The van der Waals surface area contributed by atoms with E-state index in [9.17, 15) is 0 Å². The van der Waals surface area contributed by atoms with Crippen LogP contribution in [0.25, 0.3) is 0 Å². The van der Waals surface area contributed by atoms with Crippen LogP contribution in [0.5, 0.6) is 5.75 Å². The molecule has 0 aromatic heterocycles. The third-order valence-corrected chi connectivity index (χ3v) is 3.97. The highest BCUT2D eigenvalue weighted by atomic mass is 16.5. The highest BCUT2D eigenvalue weighted by Crippen LogP contribution is 2.42. The number of nitrogens with zero attached hydrogens (tertiary/aromatic N) is 1. The van der Waals surface area contributed by atoms with E-state index in [1.165, 1.54) is 11.3 Å². The van der Waals surface area contributed by atoms with Gasteiger partial charge in [-0.15, -0.1) is 0 Å². The van der Waals surface area contributed by atoms with Crippen LogP contribution < -0.4 is 9.47 Å². The SMILES string of the molecule is CCB1Oc2ccccc2N1C(CC)c1ccccc1. The molecule has 0 fully saturated rings. The van der Waals surface area contributed by atoms with Crippen LogP contribution in [0.4, 0.5) is 5.69 Å². The number of hydrogen-bond acceptors (Lipinski definition) is 2. The maximum Gasteiger partial charge on any atom is 0.482 e. The number of rotatable bonds is 4. The second-order valence-electron chi connectivity index (χ2n) is 5.19. The Kier molecular flexibility index (Phi) is 3.68. The largest absolute Gasteiger partial charge is 0.540 e. The van der Waals surface area contributed by atoms with Gasteiger partial charge in [-0.3, -0.25) is 0 Å². The molecule has 20 heavy (non-hydrogen) atoms. The van der Waals surface area contributed by atoms with E-state index in [1.807, 2.05) is 6.07 Å². The molecule has 0 amide bonds. The summed E-state index contributed by atoms with van der Waals surface area (Å²) >= 11 is 0. The van der Waals surface area contributed by atoms with E-state index < -0.39 is 0 Å². The lowest BCUT2D eigenvalue weighted by Crippen LogP contribution is -2.41. The summed E-state index contributed by atoms with van der Waals surface area (Å²) in [6.07, 6.45) is 2.05. The van der Waals surface area contributed by atoms with Crippen LogP contribution in [0.2, 0.25) is 6.32 Å². The Bertz CT molecular complexity index is 572. The average molecular weight is 265 g/mol. The molecule has 102 valence electrons. The number of para-hydroxylation sites is 2. The molecule has 1 unspecified atom stereocenters. The van der Waals surface area contributed by atoms with E-state index in [2.05, 4.69) is 67.2 Å². The molecule has 0 N–H and O–H groups in total. The van der Waals surface area contributed by atoms with Crippen molar-refractivity contribution < 1.29 is 4.65 Å². The van der Waals surface area contributed by atoms with Crippen LogP contribution in [-0.4, -0.2) is 7.05 Å². The van der Waals surface area contributed by atoms with Crippen LogP contribution in [0, 0.1) is 0 Å². The van der Waals surface area contributed by atoms with Gasteiger partial charge in [0.1, 0.15) is 5.75 Å². The van der Waals surface area contributed by atoms with E-state index in [0.717, 1.165) is 18.5 Å². The van der Waals surface area contributed by atoms with Gasteiger partial charge in [0.2, 0.25) is 0 Å². The van der Waals surface area contributed by atoms with Crippen molar-refractivity contribution >= 4 is 12.7 Å². The molecule has 0 saturated carbocycles. The molecule has 0 saturated heterocycles. The fourth-order valence-electron chi connectivity index (χ4n) is 3.05. The van der Waals surface area contributed by atoms with E-state index in [0.29, 0.717) is 6.04 Å². The van der Waals surface area contributed by atoms with Gasteiger partial charge in [0, 0.05) is 6.04 Å². The first-order valence-electron chi connectivity index (χ1n) is 7.44. The average Bonchev–Trinajstić information content (AvgIpc) is 2.88. The minimum absolute atomic E-state index is 0.137. The van der Waals surface area contributed by atoms with Crippen molar-refractivity contribution in [1.29, 1.82) is 0 Å². The molecule has 0 radical (unpaired) electrons.